The number of esters is 1. The Bertz CT molecular complexity index is 200. The monoisotopic (exact) mass is 154 g/mol. The zero-order valence-electron chi connectivity index (χ0n) is 7.09. The van der Waals surface area contributed by atoms with Gasteiger partial charge in [0.05, 0.1) is 5.41 Å². The highest BCUT2D eigenvalue weighted by Crippen LogP contribution is 2.46. The molecule has 0 spiro atoms. The molecule has 11 heavy (non-hydrogen) atoms. The van der Waals surface area contributed by atoms with E-state index >= 15 is 0 Å². The van der Waals surface area contributed by atoms with Crippen molar-refractivity contribution in [3.63, 3.8) is 0 Å². The molecule has 0 aromatic heterocycles. The lowest BCUT2D eigenvalue weighted by molar-refractivity contribution is -0.147. The van der Waals surface area contributed by atoms with Crippen molar-refractivity contribution in [3.05, 3.63) is 0 Å². The average Bonchev–Trinajstić information content (AvgIpc) is 2.20. The smallest absolute Gasteiger partial charge is 0.312 e. The third kappa shape index (κ3) is 0.883. The van der Waals surface area contributed by atoms with Gasteiger partial charge in [-0.15, -0.1) is 0 Å². The van der Waals surface area contributed by atoms with Gasteiger partial charge in [0.2, 0.25) is 0 Å². The van der Waals surface area contributed by atoms with Gasteiger partial charge in [-0.25, -0.2) is 0 Å². The maximum absolute atomic E-state index is 11.3. The van der Waals surface area contributed by atoms with Crippen LogP contribution in [0.1, 0.15) is 33.1 Å². The van der Waals surface area contributed by atoms with E-state index in [-0.39, 0.29) is 17.5 Å². The first kappa shape index (κ1) is 7.14. The summed E-state index contributed by atoms with van der Waals surface area (Å²) in [7, 11) is 0. The van der Waals surface area contributed by atoms with Crippen molar-refractivity contribution >= 4 is 5.97 Å². The average molecular weight is 154 g/mol. The molecule has 2 aliphatic rings. The van der Waals surface area contributed by atoms with Crippen molar-refractivity contribution in [1.29, 1.82) is 0 Å². The van der Waals surface area contributed by atoms with E-state index in [1.165, 1.54) is 0 Å². The van der Waals surface area contributed by atoms with Crippen LogP contribution >= 0.6 is 0 Å². The molecule has 1 heterocycles. The summed E-state index contributed by atoms with van der Waals surface area (Å²) >= 11 is 0. The lowest BCUT2D eigenvalue weighted by atomic mass is 9.73. The van der Waals surface area contributed by atoms with Crippen LogP contribution < -0.4 is 0 Å². The Kier molecular flexibility index (Phi) is 1.29. The number of hydrogen-bond donors (Lipinski definition) is 0. The van der Waals surface area contributed by atoms with Gasteiger partial charge in [0.25, 0.3) is 0 Å². The minimum atomic E-state index is -0.128. The summed E-state index contributed by atoms with van der Waals surface area (Å²) in [6, 6.07) is 0. The molecule has 0 aromatic rings. The number of carbonyl (C=O) groups is 1. The summed E-state index contributed by atoms with van der Waals surface area (Å²) in [5.41, 5.74) is -0.128. The highest BCUT2D eigenvalue weighted by molar-refractivity contribution is 5.79. The van der Waals surface area contributed by atoms with Crippen LogP contribution in [0.5, 0.6) is 0 Å². The van der Waals surface area contributed by atoms with Gasteiger partial charge in [-0.05, 0) is 25.7 Å². The van der Waals surface area contributed by atoms with Gasteiger partial charge in [0.1, 0.15) is 6.10 Å². The molecule has 2 rings (SSSR count). The molecule has 2 fully saturated rings. The second-order valence-corrected chi connectivity index (χ2v) is 4.22. The topological polar surface area (TPSA) is 26.3 Å². The first-order chi connectivity index (χ1) is 5.12. The minimum Gasteiger partial charge on any atom is -0.462 e. The summed E-state index contributed by atoms with van der Waals surface area (Å²) in [4.78, 5) is 11.3. The highest BCUT2D eigenvalue weighted by Gasteiger charge is 2.50. The van der Waals surface area contributed by atoms with Crippen LogP contribution in [0.2, 0.25) is 0 Å². The number of rotatable bonds is 0. The van der Waals surface area contributed by atoms with Crippen molar-refractivity contribution in [2.45, 2.75) is 39.2 Å². The van der Waals surface area contributed by atoms with Crippen molar-refractivity contribution in [2.75, 3.05) is 0 Å². The quantitative estimate of drug-likeness (QED) is 0.497. The number of ether oxygens (including phenoxy) is 1. The standard InChI is InChI=1S/C9H14O2/c1-6-3-4-9(2)5-7(6)11-8(9)10/h6-7H,3-5H2,1-2H3/t6-,7?,9-/m1/s1. The Balaban J connectivity index is 2.24. The maximum atomic E-state index is 11.3. The van der Waals surface area contributed by atoms with Gasteiger partial charge in [-0.3, -0.25) is 4.79 Å². The zero-order chi connectivity index (χ0) is 8.06. The fourth-order valence-electron chi connectivity index (χ4n) is 2.10. The second kappa shape index (κ2) is 1.99. The van der Waals surface area contributed by atoms with E-state index in [0.717, 1.165) is 19.3 Å². The Morgan fingerprint density at radius 3 is 3.00 bits per heavy atom. The fraction of sp³-hybridized carbons (Fsp3) is 0.889. The van der Waals surface area contributed by atoms with Gasteiger partial charge in [-0.1, -0.05) is 6.92 Å². The van der Waals surface area contributed by atoms with E-state index in [1.54, 1.807) is 0 Å². The van der Waals surface area contributed by atoms with Crippen molar-refractivity contribution in [1.82, 2.24) is 0 Å². The molecule has 0 N–H and O–H groups in total. The fourth-order valence-corrected chi connectivity index (χ4v) is 2.10. The van der Waals surface area contributed by atoms with Crippen LogP contribution in [-0.2, 0) is 9.53 Å². The number of hydrogen-bond acceptors (Lipinski definition) is 2. The van der Waals surface area contributed by atoms with E-state index in [4.69, 9.17) is 4.74 Å². The molecule has 1 aliphatic carbocycles. The number of fused-ring (bicyclic) bond motifs is 2. The van der Waals surface area contributed by atoms with Crippen LogP contribution in [0.4, 0.5) is 0 Å². The van der Waals surface area contributed by atoms with E-state index in [0.29, 0.717) is 5.92 Å². The van der Waals surface area contributed by atoms with Gasteiger partial charge >= 0.3 is 5.97 Å². The molecule has 2 heteroatoms. The largest absolute Gasteiger partial charge is 0.462 e. The van der Waals surface area contributed by atoms with Crippen LogP contribution in [0.3, 0.4) is 0 Å². The van der Waals surface area contributed by atoms with E-state index < -0.39 is 0 Å². The predicted molar refractivity (Wildman–Crippen MR) is 41.0 cm³/mol. The summed E-state index contributed by atoms with van der Waals surface area (Å²) in [6.45, 7) is 4.20. The van der Waals surface area contributed by atoms with Crippen LogP contribution in [-0.4, -0.2) is 12.1 Å². The Morgan fingerprint density at radius 2 is 2.36 bits per heavy atom. The second-order valence-electron chi connectivity index (χ2n) is 4.22. The van der Waals surface area contributed by atoms with Crippen LogP contribution in [0.25, 0.3) is 0 Å². The summed E-state index contributed by atoms with van der Waals surface area (Å²) in [5, 5.41) is 0. The summed E-state index contributed by atoms with van der Waals surface area (Å²) in [5.74, 6) is 0.612. The molecule has 0 aromatic carbocycles. The van der Waals surface area contributed by atoms with E-state index in [2.05, 4.69) is 6.92 Å². The molecule has 0 amide bonds. The molecule has 0 radical (unpaired) electrons. The van der Waals surface area contributed by atoms with E-state index in [9.17, 15) is 4.79 Å². The maximum Gasteiger partial charge on any atom is 0.312 e. The molecule has 3 atom stereocenters. The molecule has 2 bridgehead atoms. The third-order valence-electron chi connectivity index (χ3n) is 3.19. The number of carbonyl (C=O) groups excluding carboxylic acids is 1. The van der Waals surface area contributed by atoms with Gasteiger partial charge in [-0.2, -0.15) is 0 Å². The molecule has 1 saturated carbocycles. The van der Waals surface area contributed by atoms with Gasteiger partial charge < -0.3 is 4.74 Å². The normalized spacial score (nSPS) is 49.1. The first-order valence-corrected chi connectivity index (χ1v) is 4.33. The van der Waals surface area contributed by atoms with Crippen LogP contribution in [0, 0.1) is 11.3 Å². The third-order valence-corrected chi connectivity index (χ3v) is 3.19. The Hall–Kier alpha value is -0.530. The summed E-state index contributed by atoms with van der Waals surface area (Å²) in [6.07, 6.45) is 3.34. The van der Waals surface area contributed by atoms with Crippen molar-refractivity contribution < 1.29 is 9.53 Å². The zero-order valence-corrected chi connectivity index (χ0v) is 7.09. The molecule has 2 nitrogen and oxygen atoms in total. The molecule has 1 saturated heterocycles. The lowest BCUT2D eigenvalue weighted by Crippen LogP contribution is -2.27. The predicted octanol–water partition coefficient (Wildman–Crippen LogP) is 1.74. The summed E-state index contributed by atoms with van der Waals surface area (Å²) < 4.78 is 5.26. The highest BCUT2D eigenvalue weighted by atomic mass is 16.6. The SMILES string of the molecule is C[C@@H]1CC[C@]2(C)CC1OC2=O. The molecule has 1 unspecified atom stereocenters. The first-order valence-electron chi connectivity index (χ1n) is 4.33. The lowest BCUT2D eigenvalue weighted by Gasteiger charge is -2.27. The van der Waals surface area contributed by atoms with Gasteiger partial charge in [0.15, 0.2) is 0 Å². The van der Waals surface area contributed by atoms with E-state index in [1.807, 2.05) is 6.92 Å². The molecule has 1 aliphatic heterocycles. The minimum absolute atomic E-state index is 0.0341. The molecular formula is C9H14O2. The van der Waals surface area contributed by atoms with Crippen molar-refractivity contribution in [2.24, 2.45) is 11.3 Å². The molecular weight excluding hydrogens is 140 g/mol. The molecule has 62 valence electrons. The Morgan fingerprint density at radius 1 is 1.64 bits per heavy atom. The Labute approximate surface area is 66.9 Å². The van der Waals surface area contributed by atoms with Crippen molar-refractivity contribution in [3.8, 4) is 0 Å². The van der Waals surface area contributed by atoms with Crippen LogP contribution in [0.15, 0.2) is 0 Å². The van der Waals surface area contributed by atoms with Gasteiger partial charge in [0, 0.05) is 6.42 Å².